The second-order valence-electron chi connectivity index (χ2n) is 4.73. The zero-order chi connectivity index (χ0) is 14.6. The highest BCUT2D eigenvalue weighted by Gasteiger charge is 2.29. The van der Waals surface area contributed by atoms with Gasteiger partial charge in [0.05, 0.1) is 12.1 Å². The van der Waals surface area contributed by atoms with Crippen LogP contribution in [-0.4, -0.2) is 11.7 Å². The van der Waals surface area contributed by atoms with Gasteiger partial charge in [-0.1, -0.05) is 19.1 Å². The zero-order valence-corrected chi connectivity index (χ0v) is 11.2. The quantitative estimate of drug-likeness (QED) is 0.874. The molecule has 0 radical (unpaired) electrons. The third-order valence-electron chi connectivity index (χ3n) is 3.50. The van der Waals surface area contributed by atoms with Gasteiger partial charge in [0.25, 0.3) is 0 Å². The Kier molecular flexibility index (Phi) is 4.35. The van der Waals surface area contributed by atoms with Crippen LogP contribution in [0.2, 0.25) is 0 Å². The van der Waals surface area contributed by atoms with Crippen LogP contribution in [0.15, 0.2) is 48.5 Å². The summed E-state index contributed by atoms with van der Waals surface area (Å²) in [7, 11) is 0. The van der Waals surface area contributed by atoms with Crippen molar-refractivity contribution in [3.8, 4) is 0 Å². The van der Waals surface area contributed by atoms with Gasteiger partial charge >= 0.3 is 0 Å². The Hall–Kier alpha value is -1.94. The summed E-state index contributed by atoms with van der Waals surface area (Å²) in [6.07, 6.45) is 0.604. The topological polar surface area (TPSA) is 32.3 Å². The van der Waals surface area contributed by atoms with Gasteiger partial charge in [0.2, 0.25) is 0 Å². The average molecular weight is 277 g/mol. The maximum Gasteiger partial charge on any atom is 0.123 e. The molecule has 2 aromatic carbocycles. The highest BCUT2D eigenvalue weighted by Crippen LogP contribution is 2.29. The maximum atomic E-state index is 13.0. The van der Waals surface area contributed by atoms with Gasteiger partial charge in [0.1, 0.15) is 11.6 Å². The fraction of sp³-hybridized carbons (Fsp3) is 0.250. The van der Waals surface area contributed by atoms with E-state index >= 15 is 0 Å². The number of benzene rings is 2. The molecule has 0 aliphatic rings. The SMILES string of the molecule is CCC(CO)(Nc1ccc(F)cc1)c1ccc(F)cc1. The summed E-state index contributed by atoms with van der Waals surface area (Å²) in [5.74, 6) is -0.637. The van der Waals surface area contributed by atoms with Crippen LogP contribution in [-0.2, 0) is 5.54 Å². The van der Waals surface area contributed by atoms with Crippen molar-refractivity contribution in [2.24, 2.45) is 0 Å². The van der Waals surface area contributed by atoms with Crippen LogP contribution in [0.1, 0.15) is 18.9 Å². The Balaban J connectivity index is 2.33. The number of hydrogen-bond donors (Lipinski definition) is 2. The normalized spacial score (nSPS) is 13.8. The van der Waals surface area contributed by atoms with E-state index in [1.807, 2.05) is 6.92 Å². The van der Waals surface area contributed by atoms with Gasteiger partial charge in [-0.3, -0.25) is 0 Å². The summed E-state index contributed by atoms with van der Waals surface area (Å²) in [5.41, 5.74) is 0.769. The first-order valence-electron chi connectivity index (χ1n) is 6.50. The van der Waals surface area contributed by atoms with Crippen LogP contribution in [0, 0.1) is 11.6 Å². The molecule has 106 valence electrons. The van der Waals surface area contributed by atoms with E-state index in [-0.39, 0.29) is 18.2 Å². The first-order valence-corrected chi connectivity index (χ1v) is 6.50. The Morgan fingerprint density at radius 2 is 1.45 bits per heavy atom. The fourth-order valence-corrected chi connectivity index (χ4v) is 2.19. The van der Waals surface area contributed by atoms with Crippen LogP contribution in [0.4, 0.5) is 14.5 Å². The van der Waals surface area contributed by atoms with Crippen molar-refractivity contribution >= 4 is 5.69 Å². The number of halogens is 2. The first kappa shape index (κ1) is 14.5. The highest BCUT2D eigenvalue weighted by atomic mass is 19.1. The molecule has 0 spiro atoms. The van der Waals surface area contributed by atoms with Crippen molar-refractivity contribution in [2.75, 3.05) is 11.9 Å². The number of nitrogens with one attached hydrogen (secondary N) is 1. The van der Waals surface area contributed by atoms with E-state index in [1.165, 1.54) is 24.3 Å². The summed E-state index contributed by atoms with van der Waals surface area (Å²) in [6.45, 7) is 1.78. The van der Waals surface area contributed by atoms with Gasteiger partial charge in [-0.25, -0.2) is 8.78 Å². The molecule has 2 rings (SSSR count). The van der Waals surface area contributed by atoms with E-state index in [2.05, 4.69) is 5.32 Å². The number of aliphatic hydroxyl groups excluding tert-OH is 1. The molecule has 2 N–H and O–H groups in total. The number of aliphatic hydroxyl groups is 1. The number of rotatable bonds is 5. The van der Waals surface area contributed by atoms with Crippen molar-refractivity contribution in [1.82, 2.24) is 0 Å². The van der Waals surface area contributed by atoms with Gasteiger partial charge in [-0.05, 0) is 48.4 Å². The molecular formula is C16H17F2NO. The molecule has 0 aliphatic heterocycles. The smallest absolute Gasteiger partial charge is 0.123 e. The molecule has 0 saturated carbocycles. The Morgan fingerprint density at radius 1 is 0.950 bits per heavy atom. The standard InChI is InChI=1S/C16H17F2NO/c1-2-16(11-20,12-3-5-13(17)6-4-12)19-15-9-7-14(18)8-10-15/h3-10,19-20H,2,11H2,1H3. The third kappa shape index (κ3) is 2.96. The average Bonchev–Trinajstić information content (AvgIpc) is 2.48. The maximum absolute atomic E-state index is 13.0. The van der Waals surface area contributed by atoms with Crippen molar-refractivity contribution in [3.63, 3.8) is 0 Å². The lowest BCUT2D eigenvalue weighted by atomic mass is 9.87. The van der Waals surface area contributed by atoms with Crippen molar-refractivity contribution in [3.05, 3.63) is 65.7 Å². The van der Waals surface area contributed by atoms with Crippen LogP contribution < -0.4 is 5.32 Å². The van der Waals surface area contributed by atoms with Crippen LogP contribution in [0.3, 0.4) is 0 Å². The lowest BCUT2D eigenvalue weighted by molar-refractivity contribution is 0.207. The summed E-state index contributed by atoms with van der Waals surface area (Å²) in [6, 6.07) is 11.9. The van der Waals surface area contributed by atoms with Gasteiger partial charge in [0, 0.05) is 5.69 Å². The van der Waals surface area contributed by atoms with Gasteiger partial charge in [-0.15, -0.1) is 0 Å². The first-order chi connectivity index (χ1) is 9.59. The lowest BCUT2D eigenvalue weighted by Crippen LogP contribution is -2.38. The van der Waals surface area contributed by atoms with Gasteiger partial charge in [0.15, 0.2) is 0 Å². The van der Waals surface area contributed by atoms with E-state index in [0.29, 0.717) is 12.1 Å². The molecule has 4 heteroatoms. The Bertz CT molecular complexity index is 548. The van der Waals surface area contributed by atoms with Crippen LogP contribution in [0.25, 0.3) is 0 Å². The molecule has 0 saturated heterocycles. The van der Waals surface area contributed by atoms with E-state index < -0.39 is 5.54 Å². The van der Waals surface area contributed by atoms with E-state index in [4.69, 9.17) is 0 Å². The summed E-state index contributed by atoms with van der Waals surface area (Å²) >= 11 is 0. The molecule has 2 nitrogen and oxygen atoms in total. The largest absolute Gasteiger partial charge is 0.394 e. The van der Waals surface area contributed by atoms with Crippen molar-refractivity contribution in [1.29, 1.82) is 0 Å². The summed E-state index contributed by atoms with van der Waals surface area (Å²) < 4.78 is 26.0. The fourth-order valence-electron chi connectivity index (χ4n) is 2.19. The minimum Gasteiger partial charge on any atom is -0.394 e. The predicted molar refractivity (Wildman–Crippen MR) is 75.5 cm³/mol. The van der Waals surface area contributed by atoms with E-state index in [1.54, 1.807) is 24.3 Å². The summed E-state index contributed by atoms with van der Waals surface area (Å²) in [4.78, 5) is 0. The molecular weight excluding hydrogens is 260 g/mol. The van der Waals surface area contributed by atoms with E-state index in [9.17, 15) is 13.9 Å². The van der Waals surface area contributed by atoms with Crippen LogP contribution >= 0.6 is 0 Å². The second-order valence-corrected chi connectivity index (χ2v) is 4.73. The molecule has 0 amide bonds. The molecule has 2 aromatic rings. The minimum atomic E-state index is -0.717. The second kappa shape index (κ2) is 6.01. The predicted octanol–water partition coefficient (Wildman–Crippen LogP) is 3.67. The third-order valence-corrected chi connectivity index (χ3v) is 3.50. The molecule has 0 fully saturated rings. The lowest BCUT2D eigenvalue weighted by Gasteiger charge is -2.33. The van der Waals surface area contributed by atoms with Gasteiger partial charge in [-0.2, -0.15) is 0 Å². The molecule has 20 heavy (non-hydrogen) atoms. The molecule has 1 atom stereocenters. The molecule has 0 bridgehead atoms. The Labute approximate surface area is 117 Å². The molecule has 0 aliphatic carbocycles. The zero-order valence-electron chi connectivity index (χ0n) is 11.2. The van der Waals surface area contributed by atoms with Crippen molar-refractivity contribution in [2.45, 2.75) is 18.9 Å². The highest BCUT2D eigenvalue weighted by molar-refractivity contribution is 5.48. The minimum absolute atomic E-state index is 0.146. The van der Waals surface area contributed by atoms with Gasteiger partial charge < -0.3 is 10.4 Å². The van der Waals surface area contributed by atoms with Crippen LogP contribution in [0.5, 0.6) is 0 Å². The Morgan fingerprint density at radius 3 is 1.90 bits per heavy atom. The summed E-state index contributed by atoms with van der Waals surface area (Å²) in [5, 5.41) is 13.0. The molecule has 1 unspecified atom stereocenters. The monoisotopic (exact) mass is 277 g/mol. The molecule has 0 heterocycles. The van der Waals surface area contributed by atoms with Crippen molar-refractivity contribution < 1.29 is 13.9 Å². The number of hydrogen-bond acceptors (Lipinski definition) is 2. The number of anilines is 1. The molecule has 0 aromatic heterocycles. The van der Waals surface area contributed by atoms with E-state index in [0.717, 1.165) is 5.56 Å².